The fourth-order valence-corrected chi connectivity index (χ4v) is 3.18. The van der Waals surface area contributed by atoms with Crippen LogP contribution in [0.2, 0.25) is 0 Å². The molecule has 1 atom stereocenters. The minimum absolute atomic E-state index is 0.0238. The molecule has 0 aromatic heterocycles. The van der Waals surface area contributed by atoms with E-state index < -0.39 is 27.4 Å². The summed E-state index contributed by atoms with van der Waals surface area (Å²) in [5, 5.41) is 20.0. The van der Waals surface area contributed by atoms with Crippen LogP contribution in [0.1, 0.15) is 36.2 Å². The minimum Gasteiger partial charge on any atom is -0.477 e. The summed E-state index contributed by atoms with van der Waals surface area (Å²) in [4.78, 5) is 21.3. The highest BCUT2D eigenvalue weighted by molar-refractivity contribution is 7.84. The Morgan fingerprint density at radius 2 is 2.10 bits per heavy atom. The molecule has 1 unspecified atom stereocenters. The number of carboxylic acid groups (broad SMARTS) is 1. The molecule has 1 aromatic rings. The van der Waals surface area contributed by atoms with Gasteiger partial charge < -0.3 is 5.11 Å². The van der Waals surface area contributed by atoms with Gasteiger partial charge in [-0.2, -0.15) is 0 Å². The van der Waals surface area contributed by atoms with Gasteiger partial charge in [-0.15, -0.1) is 0 Å². The molecule has 0 amide bonds. The van der Waals surface area contributed by atoms with E-state index in [9.17, 15) is 19.1 Å². The number of hydrogen-bond donors (Lipinski definition) is 1. The Kier molecular flexibility index (Phi) is 5.82. The van der Waals surface area contributed by atoms with Crippen LogP contribution in [0, 0.1) is 16.0 Å². The van der Waals surface area contributed by atoms with E-state index >= 15 is 0 Å². The zero-order valence-corrected chi connectivity index (χ0v) is 12.2. The van der Waals surface area contributed by atoms with E-state index in [2.05, 4.69) is 0 Å². The molecule has 0 saturated heterocycles. The summed E-state index contributed by atoms with van der Waals surface area (Å²) in [6.07, 6.45) is 0.768. The third-order valence-corrected chi connectivity index (χ3v) is 4.10. The summed E-state index contributed by atoms with van der Waals surface area (Å²) < 4.78 is 11.9. The first-order valence-electron chi connectivity index (χ1n) is 6.17. The van der Waals surface area contributed by atoms with Crippen molar-refractivity contribution in [1.29, 1.82) is 0 Å². The molecule has 0 radical (unpaired) electrons. The van der Waals surface area contributed by atoms with Crippen molar-refractivity contribution in [2.45, 2.75) is 26.0 Å². The van der Waals surface area contributed by atoms with Gasteiger partial charge in [-0.05, 0) is 17.9 Å². The zero-order chi connectivity index (χ0) is 15.3. The van der Waals surface area contributed by atoms with Crippen molar-refractivity contribution in [2.24, 2.45) is 5.92 Å². The number of nitro groups is 1. The number of carbonyl (C=O) groups is 1. The van der Waals surface area contributed by atoms with Gasteiger partial charge in [0.1, 0.15) is 5.56 Å². The molecule has 20 heavy (non-hydrogen) atoms. The molecule has 110 valence electrons. The van der Waals surface area contributed by atoms with Gasteiger partial charge >= 0.3 is 5.97 Å². The first kappa shape index (κ1) is 16.3. The fraction of sp³-hybridized carbons (Fsp3) is 0.462. The number of rotatable bonds is 7. The molecule has 0 heterocycles. The van der Waals surface area contributed by atoms with Gasteiger partial charge in [-0.25, -0.2) is 4.79 Å². The molecule has 0 saturated carbocycles. The minimum atomic E-state index is -1.37. The Morgan fingerprint density at radius 1 is 1.45 bits per heavy atom. The number of hydrogen-bond acceptors (Lipinski definition) is 4. The van der Waals surface area contributed by atoms with Crippen LogP contribution in [0.5, 0.6) is 0 Å². The van der Waals surface area contributed by atoms with Gasteiger partial charge in [0, 0.05) is 28.4 Å². The van der Waals surface area contributed by atoms with E-state index in [1.165, 1.54) is 12.1 Å². The van der Waals surface area contributed by atoms with Gasteiger partial charge in [0.2, 0.25) is 0 Å². The van der Waals surface area contributed by atoms with Gasteiger partial charge in [0.15, 0.2) is 0 Å². The highest BCUT2D eigenvalue weighted by Gasteiger charge is 2.24. The number of nitro benzene ring substituents is 1. The number of aromatic carboxylic acids is 1. The van der Waals surface area contributed by atoms with Crippen LogP contribution in [0.15, 0.2) is 18.2 Å². The third kappa shape index (κ3) is 4.41. The van der Waals surface area contributed by atoms with Crippen molar-refractivity contribution in [3.8, 4) is 0 Å². The Labute approximate surface area is 119 Å². The third-order valence-electron chi connectivity index (χ3n) is 2.78. The second-order valence-electron chi connectivity index (χ2n) is 4.84. The van der Waals surface area contributed by atoms with E-state index in [-0.39, 0.29) is 16.9 Å². The summed E-state index contributed by atoms with van der Waals surface area (Å²) in [5.41, 5.74) is -0.583. The molecule has 0 aliphatic rings. The second kappa shape index (κ2) is 7.14. The summed E-state index contributed by atoms with van der Waals surface area (Å²) in [7, 11) is -1.23. The standard InChI is InChI=1S/C13H17NO5S/c1-9(2)6-7-20(19)8-10-4-3-5-11(14(17)18)12(10)13(15)16/h3-5,9H,6-8H2,1-2H3,(H,15,16). The highest BCUT2D eigenvalue weighted by atomic mass is 32.2. The van der Waals surface area contributed by atoms with Gasteiger partial charge in [-0.3, -0.25) is 14.3 Å². The predicted molar refractivity (Wildman–Crippen MR) is 76.2 cm³/mol. The van der Waals surface area contributed by atoms with Crippen molar-refractivity contribution in [2.75, 3.05) is 5.75 Å². The maximum atomic E-state index is 11.9. The zero-order valence-electron chi connectivity index (χ0n) is 11.4. The molecule has 6 nitrogen and oxygen atoms in total. The van der Waals surface area contributed by atoms with Crippen molar-refractivity contribution in [3.63, 3.8) is 0 Å². The van der Waals surface area contributed by atoms with Crippen molar-refractivity contribution in [3.05, 3.63) is 39.4 Å². The average Bonchev–Trinajstić information content (AvgIpc) is 2.35. The van der Waals surface area contributed by atoms with Crippen LogP contribution >= 0.6 is 0 Å². The molecular weight excluding hydrogens is 282 g/mol. The molecule has 0 spiro atoms. The van der Waals surface area contributed by atoms with Crippen molar-refractivity contribution < 1.29 is 19.0 Å². The summed E-state index contributed by atoms with van der Waals surface area (Å²) in [5.74, 6) is -0.480. The number of carboxylic acids is 1. The quantitative estimate of drug-likeness (QED) is 0.616. The molecule has 1 N–H and O–H groups in total. The lowest BCUT2D eigenvalue weighted by molar-refractivity contribution is -0.385. The summed E-state index contributed by atoms with van der Waals surface area (Å²) in [6, 6.07) is 4.03. The van der Waals surface area contributed by atoms with Crippen LogP contribution < -0.4 is 0 Å². The molecule has 7 heteroatoms. The Morgan fingerprint density at radius 3 is 2.60 bits per heavy atom. The van der Waals surface area contributed by atoms with E-state index in [1.54, 1.807) is 0 Å². The summed E-state index contributed by atoms with van der Waals surface area (Å²) in [6.45, 7) is 4.01. The van der Waals surface area contributed by atoms with Crippen LogP contribution in [0.25, 0.3) is 0 Å². The lowest BCUT2D eigenvalue weighted by Crippen LogP contribution is -2.10. The fourth-order valence-electron chi connectivity index (χ4n) is 1.72. The molecule has 0 aliphatic heterocycles. The topological polar surface area (TPSA) is 97.5 Å². The maximum Gasteiger partial charge on any atom is 0.343 e. The first-order valence-corrected chi connectivity index (χ1v) is 7.66. The molecule has 0 aliphatic carbocycles. The van der Waals surface area contributed by atoms with E-state index in [1.807, 2.05) is 13.8 Å². The smallest absolute Gasteiger partial charge is 0.343 e. The second-order valence-corrected chi connectivity index (χ2v) is 6.42. The molecule has 0 fully saturated rings. The SMILES string of the molecule is CC(C)CCS(=O)Cc1cccc([N+](=O)[O-])c1C(=O)O. The summed E-state index contributed by atoms with van der Waals surface area (Å²) >= 11 is 0. The first-order chi connectivity index (χ1) is 9.32. The highest BCUT2D eigenvalue weighted by Crippen LogP contribution is 2.23. The van der Waals surface area contributed by atoms with E-state index in [0.717, 1.165) is 12.5 Å². The van der Waals surface area contributed by atoms with E-state index in [4.69, 9.17) is 5.11 Å². The predicted octanol–water partition coefficient (Wildman–Crippen LogP) is 2.59. The number of nitrogens with zero attached hydrogens (tertiary/aromatic N) is 1. The lowest BCUT2D eigenvalue weighted by atomic mass is 10.1. The molecule has 1 rings (SSSR count). The Balaban J connectivity index is 3.00. The van der Waals surface area contributed by atoms with Gasteiger partial charge in [0.05, 0.1) is 4.92 Å². The molecule has 1 aromatic carbocycles. The van der Waals surface area contributed by atoms with Crippen LogP contribution in [-0.2, 0) is 16.6 Å². The lowest BCUT2D eigenvalue weighted by Gasteiger charge is -2.08. The van der Waals surface area contributed by atoms with Crippen molar-refractivity contribution >= 4 is 22.5 Å². The molecule has 0 bridgehead atoms. The van der Waals surface area contributed by atoms with E-state index in [0.29, 0.717) is 11.7 Å². The van der Waals surface area contributed by atoms with Gasteiger partial charge in [-0.1, -0.05) is 26.0 Å². The van der Waals surface area contributed by atoms with Crippen LogP contribution in [0.4, 0.5) is 5.69 Å². The van der Waals surface area contributed by atoms with Crippen LogP contribution in [0.3, 0.4) is 0 Å². The van der Waals surface area contributed by atoms with Crippen molar-refractivity contribution in [1.82, 2.24) is 0 Å². The monoisotopic (exact) mass is 299 g/mol. The average molecular weight is 299 g/mol. The maximum absolute atomic E-state index is 11.9. The molecular formula is C13H17NO5S. The largest absolute Gasteiger partial charge is 0.477 e. The Hall–Kier alpha value is -1.76. The normalized spacial score (nSPS) is 12.3. The van der Waals surface area contributed by atoms with Crippen LogP contribution in [-0.4, -0.2) is 26.0 Å². The number of benzene rings is 1. The Bertz CT molecular complexity index is 542. The van der Waals surface area contributed by atoms with Gasteiger partial charge in [0.25, 0.3) is 5.69 Å².